The van der Waals surface area contributed by atoms with Crippen molar-refractivity contribution in [2.24, 2.45) is 7.05 Å². The molecule has 0 bridgehead atoms. The van der Waals surface area contributed by atoms with E-state index in [4.69, 9.17) is 4.98 Å². The highest BCUT2D eigenvalue weighted by atomic mass is 32.2. The molecule has 0 spiro atoms. The number of imidazole rings is 1. The number of fused-ring (bicyclic) bond motifs is 1. The van der Waals surface area contributed by atoms with E-state index in [1.54, 1.807) is 32.2 Å². The zero-order valence-electron chi connectivity index (χ0n) is 16.0. The van der Waals surface area contributed by atoms with Crippen molar-refractivity contribution in [2.75, 3.05) is 0 Å². The molecule has 1 N–H and O–H groups in total. The summed E-state index contributed by atoms with van der Waals surface area (Å²) in [5.74, 6) is 0.798. The van der Waals surface area contributed by atoms with Crippen LogP contribution in [0.3, 0.4) is 0 Å². The largest absolute Gasteiger partial charge is 0.321 e. The van der Waals surface area contributed by atoms with Crippen LogP contribution in [-0.4, -0.2) is 33.8 Å². The molecular weight excluding hydrogens is 350 g/mol. The van der Waals surface area contributed by atoms with Gasteiger partial charge in [0.2, 0.25) is 10.0 Å². The first-order chi connectivity index (χ1) is 12.1. The van der Waals surface area contributed by atoms with E-state index in [1.165, 1.54) is 0 Å². The van der Waals surface area contributed by atoms with Gasteiger partial charge in [0.25, 0.3) is 0 Å². The highest BCUT2D eigenvalue weighted by Gasteiger charge is 2.21. The molecule has 26 heavy (non-hydrogen) atoms. The third-order valence-electron chi connectivity index (χ3n) is 4.35. The molecule has 0 aliphatic rings. The van der Waals surface area contributed by atoms with Gasteiger partial charge in [-0.3, -0.25) is 4.68 Å². The van der Waals surface area contributed by atoms with Gasteiger partial charge in [0.05, 0.1) is 27.7 Å². The van der Waals surface area contributed by atoms with E-state index in [9.17, 15) is 8.42 Å². The van der Waals surface area contributed by atoms with Crippen LogP contribution in [0.4, 0.5) is 0 Å². The smallest absolute Gasteiger partial charge is 0.240 e. The topological polar surface area (TPSA) is 81.8 Å². The van der Waals surface area contributed by atoms with Crippen LogP contribution in [0.1, 0.15) is 39.4 Å². The molecule has 2 aromatic heterocycles. The first-order valence-corrected chi connectivity index (χ1v) is 10.1. The minimum absolute atomic E-state index is 0.169. The quantitative estimate of drug-likeness (QED) is 0.743. The maximum atomic E-state index is 12.5. The van der Waals surface area contributed by atoms with E-state index < -0.39 is 10.0 Å². The highest BCUT2D eigenvalue weighted by Crippen LogP contribution is 2.31. The summed E-state index contributed by atoms with van der Waals surface area (Å²) in [5.41, 5.74) is 3.52. The first kappa shape index (κ1) is 18.6. The third kappa shape index (κ3) is 3.14. The van der Waals surface area contributed by atoms with Crippen molar-refractivity contribution in [1.29, 1.82) is 0 Å². The predicted octanol–water partition coefficient (Wildman–Crippen LogP) is 3.01. The number of sulfonamides is 1. The van der Waals surface area contributed by atoms with E-state index in [0.29, 0.717) is 5.52 Å². The number of hydrogen-bond donors (Lipinski definition) is 1. The molecule has 0 saturated carbocycles. The lowest BCUT2D eigenvalue weighted by Gasteiger charge is -2.13. The molecule has 7 nitrogen and oxygen atoms in total. The fraction of sp³-hybridized carbons (Fsp3) is 0.444. The van der Waals surface area contributed by atoms with Crippen molar-refractivity contribution < 1.29 is 8.42 Å². The summed E-state index contributed by atoms with van der Waals surface area (Å²) < 4.78 is 31.5. The summed E-state index contributed by atoms with van der Waals surface area (Å²) in [6.07, 6.45) is 1.80. The summed E-state index contributed by atoms with van der Waals surface area (Å²) >= 11 is 0. The van der Waals surface area contributed by atoms with Gasteiger partial charge >= 0.3 is 0 Å². The Morgan fingerprint density at radius 1 is 1.15 bits per heavy atom. The number of hydrogen-bond acceptors (Lipinski definition) is 4. The Labute approximate surface area is 154 Å². The summed E-state index contributed by atoms with van der Waals surface area (Å²) in [6.45, 7) is 9.76. The molecule has 0 amide bonds. The molecule has 1 aromatic carbocycles. The standard InChI is InChI=1S/C18H25N5O2S/c1-11(2)21-26(24,25)14-7-8-17-16(9-14)20-18(23(17)12(3)4)15-10-19-22(6)13(15)5/h7-12,21H,1-6H3. The molecule has 0 radical (unpaired) electrons. The Kier molecular flexibility index (Phi) is 4.66. The number of aromatic nitrogens is 4. The predicted molar refractivity (Wildman–Crippen MR) is 103 cm³/mol. The van der Waals surface area contributed by atoms with Crippen molar-refractivity contribution in [2.45, 2.75) is 51.6 Å². The van der Waals surface area contributed by atoms with Crippen LogP contribution in [0.2, 0.25) is 0 Å². The van der Waals surface area contributed by atoms with Crippen LogP contribution in [0.5, 0.6) is 0 Å². The number of aryl methyl sites for hydroxylation is 1. The molecular formula is C18H25N5O2S. The van der Waals surface area contributed by atoms with Gasteiger partial charge in [-0.2, -0.15) is 5.10 Å². The summed E-state index contributed by atoms with van der Waals surface area (Å²) in [5, 5.41) is 4.31. The van der Waals surface area contributed by atoms with E-state index >= 15 is 0 Å². The molecule has 3 rings (SSSR count). The van der Waals surface area contributed by atoms with Crippen molar-refractivity contribution in [3.8, 4) is 11.4 Å². The number of rotatable bonds is 5. The minimum Gasteiger partial charge on any atom is -0.321 e. The Balaban J connectivity index is 2.22. The zero-order valence-corrected chi connectivity index (χ0v) is 16.8. The van der Waals surface area contributed by atoms with Crippen LogP contribution in [-0.2, 0) is 17.1 Å². The molecule has 8 heteroatoms. The second-order valence-electron chi connectivity index (χ2n) is 7.09. The van der Waals surface area contributed by atoms with E-state index in [-0.39, 0.29) is 17.0 Å². The van der Waals surface area contributed by atoms with Gasteiger partial charge in [-0.1, -0.05) is 0 Å². The Bertz CT molecular complexity index is 1060. The molecule has 0 fully saturated rings. The normalized spacial score (nSPS) is 12.6. The maximum absolute atomic E-state index is 12.5. The number of benzene rings is 1. The molecule has 0 atom stereocenters. The van der Waals surface area contributed by atoms with Gasteiger partial charge in [-0.25, -0.2) is 18.1 Å². The van der Waals surface area contributed by atoms with Gasteiger partial charge in [0.1, 0.15) is 5.82 Å². The summed E-state index contributed by atoms with van der Waals surface area (Å²) in [6, 6.07) is 5.09. The fourth-order valence-corrected chi connectivity index (χ4v) is 4.33. The van der Waals surface area contributed by atoms with E-state index in [2.05, 4.69) is 28.2 Å². The lowest BCUT2D eigenvalue weighted by Crippen LogP contribution is -2.30. The third-order valence-corrected chi connectivity index (χ3v) is 6.01. The van der Waals surface area contributed by atoms with E-state index in [0.717, 1.165) is 22.6 Å². The SMILES string of the molecule is Cc1c(-c2nc3cc(S(=O)(=O)NC(C)C)ccc3n2C(C)C)cnn1C. The second kappa shape index (κ2) is 6.51. The summed E-state index contributed by atoms with van der Waals surface area (Å²) in [4.78, 5) is 4.97. The lowest BCUT2D eigenvalue weighted by molar-refractivity contribution is 0.570. The molecule has 0 unspecified atom stereocenters. The first-order valence-electron chi connectivity index (χ1n) is 8.65. The number of nitrogens with zero attached hydrogens (tertiary/aromatic N) is 4. The average molecular weight is 375 g/mol. The minimum atomic E-state index is -3.56. The highest BCUT2D eigenvalue weighted by molar-refractivity contribution is 7.89. The fourth-order valence-electron chi connectivity index (χ4n) is 3.06. The van der Waals surface area contributed by atoms with Gasteiger partial charge in [-0.05, 0) is 52.8 Å². The van der Waals surface area contributed by atoms with Crippen LogP contribution < -0.4 is 4.72 Å². The molecule has 0 aliphatic heterocycles. The van der Waals surface area contributed by atoms with Crippen molar-refractivity contribution in [3.63, 3.8) is 0 Å². The van der Waals surface area contributed by atoms with Crippen molar-refractivity contribution in [3.05, 3.63) is 30.1 Å². The van der Waals surface area contributed by atoms with Crippen LogP contribution in [0.25, 0.3) is 22.4 Å². The van der Waals surface area contributed by atoms with E-state index in [1.807, 2.05) is 24.7 Å². The molecule has 0 saturated heterocycles. The molecule has 2 heterocycles. The van der Waals surface area contributed by atoms with Crippen molar-refractivity contribution in [1.82, 2.24) is 24.1 Å². The van der Waals surface area contributed by atoms with Crippen LogP contribution in [0, 0.1) is 6.92 Å². The summed E-state index contributed by atoms with van der Waals surface area (Å²) in [7, 11) is -1.67. The van der Waals surface area contributed by atoms with Gasteiger partial charge in [0, 0.05) is 24.8 Å². The van der Waals surface area contributed by atoms with Gasteiger partial charge < -0.3 is 4.57 Å². The molecule has 140 valence electrons. The number of nitrogens with one attached hydrogen (secondary N) is 1. The van der Waals surface area contributed by atoms with Gasteiger partial charge in [0.15, 0.2) is 0 Å². The Hall–Kier alpha value is -2.19. The second-order valence-corrected chi connectivity index (χ2v) is 8.81. The van der Waals surface area contributed by atoms with Crippen molar-refractivity contribution >= 4 is 21.1 Å². The lowest BCUT2D eigenvalue weighted by atomic mass is 10.2. The van der Waals surface area contributed by atoms with Gasteiger partial charge in [-0.15, -0.1) is 0 Å². The maximum Gasteiger partial charge on any atom is 0.240 e. The Morgan fingerprint density at radius 3 is 2.38 bits per heavy atom. The van der Waals surface area contributed by atoms with Crippen LogP contribution in [0.15, 0.2) is 29.3 Å². The van der Waals surface area contributed by atoms with Crippen LogP contribution >= 0.6 is 0 Å². The zero-order chi connectivity index (χ0) is 19.2. The molecule has 0 aliphatic carbocycles. The monoisotopic (exact) mass is 375 g/mol. The Morgan fingerprint density at radius 2 is 1.85 bits per heavy atom. The average Bonchev–Trinajstić information content (AvgIpc) is 3.06. The molecule has 3 aromatic rings.